The van der Waals surface area contributed by atoms with E-state index in [0.717, 1.165) is 0 Å². The fraction of sp³-hybridized carbons (Fsp3) is 0.727. The number of amides is 3. The molecule has 0 aromatic heterocycles. The molecule has 1 heterocycles. The van der Waals surface area contributed by atoms with E-state index in [1.54, 1.807) is 0 Å². The van der Waals surface area contributed by atoms with Crippen LogP contribution in [-0.4, -0.2) is 54.1 Å². The molecule has 0 aromatic rings. The predicted molar refractivity (Wildman–Crippen MR) is 63.9 cm³/mol. The second-order valence-electron chi connectivity index (χ2n) is 4.80. The Bertz CT molecular complexity index is 337. The summed E-state index contributed by atoms with van der Waals surface area (Å²) in [7, 11) is 0. The van der Waals surface area contributed by atoms with E-state index in [4.69, 9.17) is 5.11 Å². The normalized spacial score (nSPS) is 15.2. The molecule has 1 aliphatic heterocycles. The Kier molecular flexibility index (Phi) is 4.94. The number of nitrogens with one attached hydrogen (secondary N) is 2. The van der Waals surface area contributed by atoms with E-state index in [2.05, 4.69) is 10.6 Å². The van der Waals surface area contributed by atoms with Gasteiger partial charge in [-0.3, -0.25) is 9.59 Å². The van der Waals surface area contributed by atoms with Crippen LogP contribution < -0.4 is 10.6 Å². The summed E-state index contributed by atoms with van der Waals surface area (Å²) >= 11 is 0. The summed E-state index contributed by atoms with van der Waals surface area (Å²) in [6.45, 7) is 4.85. The Morgan fingerprint density at radius 2 is 1.89 bits per heavy atom. The van der Waals surface area contributed by atoms with Crippen LogP contribution in [-0.2, 0) is 9.59 Å². The molecule has 1 saturated heterocycles. The van der Waals surface area contributed by atoms with Gasteiger partial charge in [-0.2, -0.15) is 0 Å². The van der Waals surface area contributed by atoms with Gasteiger partial charge >= 0.3 is 12.0 Å². The number of carboxylic acid groups (broad SMARTS) is 1. The highest BCUT2D eigenvalue weighted by molar-refractivity contribution is 5.85. The molecular formula is C11H19N3O4. The van der Waals surface area contributed by atoms with Gasteiger partial charge in [0.05, 0.1) is 12.5 Å². The van der Waals surface area contributed by atoms with E-state index in [1.807, 2.05) is 13.8 Å². The number of aliphatic carboxylic acids is 1. The molecule has 1 aliphatic rings. The van der Waals surface area contributed by atoms with E-state index in [-0.39, 0.29) is 25.5 Å². The molecule has 7 nitrogen and oxygen atoms in total. The van der Waals surface area contributed by atoms with Crippen LogP contribution >= 0.6 is 0 Å². The second kappa shape index (κ2) is 6.23. The van der Waals surface area contributed by atoms with Crippen molar-refractivity contribution in [3.8, 4) is 0 Å². The maximum absolute atomic E-state index is 11.5. The van der Waals surface area contributed by atoms with Crippen LogP contribution in [0.15, 0.2) is 0 Å². The summed E-state index contributed by atoms with van der Waals surface area (Å²) in [5.41, 5.74) is 0. The summed E-state index contributed by atoms with van der Waals surface area (Å²) in [6, 6.07) is -0.396. The van der Waals surface area contributed by atoms with E-state index in [9.17, 15) is 14.4 Å². The van der Waals surface area contributed by atoms with Crippen molar-refractivity contribution in [1.29, 1.82) is 0 Å². The predicted octanol–water partition coefficient (Wildman–Crippen LogP) is -0.515. The Balaban J connectivity index is 2.15. The summed E-state index contributed by atoms with van der Waals surface area (Å²) < 4.78 is 0. The van der Waals surface area contributed by atoms with E-state index in [1.165, 1.54) is 4.90 Å². The lowest BCUT2D eigenvalue weighted by molar-refractivity contribution is -0.146. The second-order valence-corrected chi connectivity index (χ2v) is 4.80. The van der Waals surface area contributed by atoms with E-state index in [0.29, 0.717) is 12.5 Å². The van der Waals surface area contributed by atoms with Crippen LogP contribution in [0.1, 0.15) is 13.8 Å². The summed E-state index contributed by atoms with van der Waals surface area (Å²) in [5.74, 6) is -1.26. The van der Waals surface area contributed by atoms with Crippen LogP contribution in [0.2, 0.25) is 0 Å². The molecule has 3 amide bonds. The number of hydrogen-bond acceptors (Lipinski definition) is 3. The van der Waals surface area contributed by atoms with Gasteiger partial charge in [0.1, 0.15) is 0 Å². The minimum atomic E-state index is -0.895. The van der Waals surface area contributed by atoms with Gasteiger partial charge in [-0.1, -0.05) is 13.8 Å². The van der Waals surface area contributed by atoms with Crippen molar-refractivity contribution >= 4 is 17.9 Å². The minimum Gasteiger partial charge on any atom is -0.481 e. The zero-order valence-electron chi connectivity index (χ0n) is 10.6. The van der Waals surface area contributed by atoms with Crippen molar-refractivity contribution in [1.82, 2.24) is 15.5 Å². The molecule has 18 heavy (non-hydrogen) atoms. The highest BCUT2D eigenvalue weighted by atomic mass is 16.4. The molecule has 0 saturated carbocycles. The topological polar surface area (TPSA) is 98.7 Å². The van der Waals surface area contributed by atoms with Gasteiger partial charge in [-0.15, -0.1) is 0 Å². The average Bonchev–Trinajstić information content (AvgIpc) is 2.20. The van der Waals surface area contributed by atoms with E-state index >= 15 is 0 Å². The first kappa shape index (κ1) is 14.3. The van der Waals surface area contributed by atoms with Gasteiger partial charge in [0.2, 0.25) is 5.91 Å². The zero-order valence-corrected chi connectivity index (χ0v) is 10.6. The third-order valence-electron chi connectivity index (χ3n) is 2.63. The fourth-order valence-electron chi connectivity index (χ4n) is 1.45. The number of hydrogen-bond donors (Lipinski definition) is 3. The number of carbonyl (C=O) groups is 3. The molecule has 0 unspecified atom stereocenters. The van der Waals surface area contributed by atoms with Crippen LogP contribution in [0, 0.1) is 11.8 Å². The summed E-state index contributed by atoms with van der Waals surface area (Å²) in [4.78, 5) is 34.7. The minimum absolute atomic E-state index is 0.0835. The smallest absolute Gasteiger partial charge is 0.317 e. The number of likely N-dealkylation sites (tertiary alicyclic amines) is 1. The molecular weight excluding hydrogens is 238 g/mol. The number of carboxylic acids is 1. The SMILES string of the molecule is CC(C)CNC(=O)CNC(=O)N1CC(C(=O)O)C1. The van der Waals surface area contributed by atoms with Crippen molar-refractivity contribution < 1.29 is 19.5 Å². The Labute approximate surface area is 106 Å². The zero-order chi connectivity index (χ0) is 13.7. The number of carbonyl (C=O) groups excluding carboxylic acids is 2. The van der Waals surface area contributed by atoms with Gasteiger partial charge in [0.25, 0.3) is 0 Å². The van der Waals surface area contributed by atoms with Gasteiger partial charge < -0.3 is 20.6 Å². The van der Waals surface area contributed by atoms with Crippen molar-refractivity contribution in [3.63, 3.8) is 0 Å². The fourth-order valence-corrected chi connectivity index (χ4v) is 1.45. The molecule has 0 bridgehead atoms. The van der Waals surface area contributed by atoms with Crippen molar-refractivity contribution in [3.05, 3.63) is 0 Å². The first-order chi connectivity index (χ1) is 8.40. The molecule has 1 fully saturated rings. The van der Waals surface area contributed by atoms with Crippen LogP contribution in [0.4, 0.5) is 4.79 Å². The molecule has 0 atom stereocenters. The highest BCUT2D eigenvalue weighted by Gasteiger charge is 2.35. The summed E-state index contributed by atoms with van der Waals surface area (Å²) in [5, 5.41) is 13.8. The van der Waals surface area contributed by atoms with Crippen LogP contribution in [0.25, 0.3) is 0 Å². The third kappa shape index (κ3) is 4.23. The van der Waals surface area contributed by atoms with Crippen molar-refractivity contribution in [2.24, 2.45) is 11.8 Å². The molecule has 0 aromatic carbocycles. The van der Waals surface area contributed by atoms with Gasteiger partial charge in [0.15, 0.2) is 0 Å². The quantitative estimate of drug-likeness (QED) is 0.617. The Hall–Kier alpha value is -1.79. The number of rotatable bonds is 5. The summed E-state index contributed by atoms with van der Waals surface area (Å²) in [6.07, 6.45) is 0. The van der Waals surface area contributed by atoms with Gasteiger partial charge in [-0.05, 0) is 5.92 Å². The Morgan fingerprint density at radius 3 is 2.39 bits per heavy atom. The van der Waals surface area contributed by atoms with Crippen LogP contribution in [0.3, 0.4) is 0 Å². The lowest BCUT2D eigenvalue weighted by atomic mass is 10.0. The molecule has 1 rings (SSSR count). The highest BCUT2D eigenvalue weighted by Crippen LogP contribution is 2.14. The molecule has 7 heteroatoms. The largest absolute Gasteiger partial charge is 0.481 e. The number of urea groups is 1. The number of nitrogens with zero attached hydrogens (tertiary/aromatic N) is 1. The lowest BCUT2D eigenvalue weighted by Crippen LogP contribution is -2.57. The molecule has 3 N–H and O–H groups in total. The first-order valence-corrected chi connectivity index (χ1v) is 5.92. The third-order valence-corrected chi connectivity index (χ3v) is 2.63. The van der Waals surface area contributed by atoms with Crippen LogP contribution in [0.5, 0.6) is 0 Å². The standard InChI is InChI=1S/C11H19N3O4/c1-7(2)3-12-9(15)4-13-11(18)14-5-8(6-14)10(16)17/h7-8H,3-6H2,1-2H3,(H,12,15)(H,13,18)(H,16,17). The molecule has 0 radical (unpaired) electrons. The van der Waals surface area contributed by atoms with Crippen molar-refractivity contribution in [2.45, 2.75) is 13.8 Å². The van der Waals surface area contributed by atoms with Crippen molar-refractivity contribution in [2.75, 3.05) is 26.2 Å². The molecule has 0 aliphatic carbocycles. The maximum atomic E-state index is 11.5. The lowest BCUT2D eigenvalue weighted by Gasteiger charge is -2.36. The molecule has 0 spiro atoms. The monoisotopic (exact) mass is 257 g/mol. The van der Waals surface area contributed by atoms with E-state index < -0.39 is 17.9 Å². The van der Waals surface area contributed by atoms with Gasteiger partial charge in [-0.25, -0.2) is 4.79 Å². The average molecular weight is 257 g/mol. The van der Waals surface area contributed by atoms with Gasteiger partial charge in [0, 0.05) is 19.6 Å². The molecule has 102 valence electrons. The Morgan fingerprint density at radius 1 is 1.28 bits per heavy atom. The first-order valence-electron chi connectivity index (χ1n) is 5.92. The maximum Gasteiger partial charge on any atom is 0.317 e.